The summed E-state index contributed by atoms with van der Waals surface area (Å²) in [7, 11) is 0. The number of hydrogen-bond donors (Lipinski definition) is 2. The Hall–Kier alpha value is -2.80. The number of carboxylic acid groups (broad SMARTS) is 1. The molecule has 0 bridgehead atoms. The molecule has 2 N–H and O–H groups in total. The van der Waals surface area contributed by atoms with Gasteiger partial charge in [-0.05, 0) is 55.2 Å². The van der Waals surface area contributed by atoms with E-state index in [1.807, 2.05) is 0 Å². The highest BCUT2D eigenvalue weighted by Gasteiger charge is 2.20. The van der Waals surface area contributed by atoms with Crippen LogP contribution in [0.15, 0.2) is 34.9 Å². The predicted molar refractivity (Wildman–Crippen MR) is 104 cm³/mol. The van der Waals surface area contributed by atoms with Crippen LogP contribution in [0, 0.1) is 19.8 Å². The van der Waals surface area contributed by atoms with Gasteiger partial charge in [0, 0.05) is 12.2 Å². The fraction of sp³-hybridized carbons (Fsp3) is 0.429. The average Bonchev–Trinajstić information content (AvgIpc) is 3.13. The summed E-state index contributed by atoms with van der Waals surface area (Å²) in [5, 5.41) is 11.7. The molecule has 0 radical (unpaired) electrons. The van der Waals surface area contributed by atoms with E-state index in [9.17, 15) is 9.59 Å². The number of aliphatic carboxylic acids is 1. The lowest BCUT2D eigenvalue weighted by Crippen LogP contribution is -2.32. The molecule has 0 saturated heterocycles. The molecule has 152 valence electrons. The lowest BCUT2D eigenvalue weighted by atomic mass is 10.0. The lowest BCUT2D eigenvalue weighted by molar-refractivity contribution is -0.139. The topological polar surface area (TPSA) is 98.0 Å². The van der Waals surface area contributed by atoms with Gasteiger partial charge in [0.15, 0.2) is 6.61 Å². The molecule has 0 aliphatic carbocycles. The van der Waals surface area contributed by atoms with Gasteiger partial charge in [-0.1, -0.05) is 13.8 Å². The summed E-state index contributed by atoms with van der Waals surface area (Å²) in [6, 6.07) is 6.49. The molecule has 2 aromatic rings. The average molecular weight is 389 g/mol. The molecule has 0 aliphatic heterocycles. The smallest absolute Gasteiger partial charge is 0.341 e. The molecule has 0 spiro atoms. The molecule has 1 aromatic heterocycles. The largest absolute Gasteiger partial charge is 0.481 e. The van der Waals surface area contributed by atoms with Crippen LogP contribution < -0.4 is 10.1 Å². The Morgan fingerprint density at radius 2 is 1.86 bits per heavy atom. The number of carbonyl (C=O) groups excluding carboxylic acids is 1. The Bertz CT molecular complexity index is 774. The zero-order valence-corrected chi connectivity index (χ0v) is 16.7. The van der Waals surface area contributed by atoms with E-state index in [1.165, 1.54) is 0 Å². The molecular formula is C21H27NO6. The summed E-state index contributed by atoms with van der Waals surface area (Å²) in [5.74, 6) is 0.152. The van der Waals surface area contributed by atoms with Crippen molar-refractivity contribution in [3.8, 4) is 5.75 Å². The van der Waals surface area contributed by atoms with E-state index in [2.05, 4.69) is 19.2 Å². The SMILES string of the molecule is Cc1cc(C(=O)NC(COCC(C)C)c2ccco2)cc(C)c1OCC(=O)O. The third-order valence-corrected chi connectivity index (χ3v) is 3.99. The highest BCUT2D eigenvalue weighted by Crippen LogP contribution is 2.25. The summed E-state index contributed by atoms with van der Waals surface area (Å²) >= 11 is 0. The molecular weight excluding hydrogens is 362 g/mol. The summed E-state index contributed by atoms with van der Waals surface area (Å²) in [4.78, 5) is 23.5. The number of carbonyl (C=O) groups is 2. The minimum absolute atomic E-state index is 0.273. The number of rotatable bonds is 10. The molecule has 1 amide bonds. The van der Waals surface area contributed by atoms with E-state index in [-0.39, 0.29) is 5.91 Å². The van der Waals surface area contributed by atoms with Crippen LogP contribution in [0.1, 0.15) is 47.1 Å². The fourth-order valence-electron chi connectivity index (χ4n) is 2.79. The fourth-order valence-corrected chi connectivity index (χ4v) is 2.79. The van der Waals surface area contributed by atoms with Crippen LogP contribution in [0.2, 0.25) is 0 Å². The van der Waals surface area contributed by atoms with Crippen molar-refractivity contribution in [3.63, 3.8) is 0 Å². The van der Waals surface area contributed by atoms with Crippen molar-refractivity contribution in [2.45, 2.75) is 33.7 Å². The number of benzene rings is 1. The van der Waals surface area contributed by atoms with E-state index in [0.29, 0.717) is 47.3 Å². The van der Waals surface area contributed by atoms with Gasteiger partial charge in [-0.25, -0.2) is 4.79 Å². The van der Waals surface area contributed by atoms with Gasteiger partial charge >= 0.3 is 5.97 Å². The molecule has 1 heterocycles. The van der Waals surface area contributed by atoms with Gasteiger partial charge in [0.25, 0.3) is 5.91 Å². The van der Waals surface area contributed by atoms with Crippen molar-refractivity contribution in [3.05, 3.63) is 53.0 Å². The van der Waals surface area contributed by atoms with Gasteiger partial charge in [0.1, 0.15) is 17.6 Å². The van der Waals surface area contributed by atoms with E-state index < -0.39 is 18.6 Å². The summed E-state index contributed by atoms with van der Waals surface area (Å²) in [6.45, 7) is 8.12. The Kier molecular flexibility index (Phi) is 7.63. The van der Waals surface area contributed by atoms with Crippen LogP contribution in [0.3, 0.4) is 0 Å². The Labute approximate surface area is 164 Å². The molecule has 0 aliphatic rings. The van der Waals surface area contributed by atoms with Gasteiger partial charge in [0.05, 0.1) is 12.9 Å². The molecule has 0 fully saturated rings. The van der Waals surface area contributed by atoms with Crippen LogP contribution in [0.5, 0.6) is 5.75 Å². The quantitative estimate of drug-likeness (QED) is 0.645. The lowest BCUT2D eigenvalue weighted by Gasteiger charge is -2.19. The first-order valence-electron chi connectivity index (χ1n) is 9.15. The standard InChI is InChI=1S/C21H27NO6/c1-13(2)10-26-11-17(18-6-5-7-27-18)22-21(25)16-8-14(3)20(15(4)9-16)28-12-19(23)24/h5-9,13,17H,10-12H2,1-4H3,(H,22,25)(H,23,24). The van der Waals surface area contributed by atoms with Crippen molar-refractivity contribution in [2.24, 2.45) is 5.92 Å². The van der Waals surface area contributed by atoms with E-state index in [4.69, 9.17) is 19.0 Å². The molecule has 28 heavy (non-hydrogen) atoms. The Balaban J connectivity index is 2.13. The minimum atomic E-state index is -1.05. The molecule has 1 atom stereocenters. The number of furan rings is 1. The second-order valence-corrected chi connectivity index (χ2v) is 7.09. The van der Waals surface area contributed by atoms with E-state index in [0.717, 1.165) is 0 Å². The maximum atomic E-state index is 12.8. The van der Waals surface area contributed by atoms with Crippen LogP contribution in [0.4, 0.5) is 0 Å². The highest BCUT2D eigenvalue weighted by atomic mass is 16.5. The number of aryl methyl sites for hydroxylation is 2. The highest BCUT2D eigenvalue weighted by molar-refractivity contribution is 5.95. The number of hydrogen-bond acceptors (Lipinski definition) is 5. The van der Waals surface area contributed by atoms with Gasteiger partial charge < -0.3 is 24.3 Å². The first-order chi connectivity index (χ1) is 13.3. The van der Waals surface area contributed by atoms with Crippen molar-refractivity contribution in [2.75, 3.05) is 19.8 Å². The first-order valence-corrected chi connectivity index (χ1v) is 9.15. The molecule has 7 nitrogen and oxygen atoms in total. The molecule has 1 aromatic carbocycles. The van der Waals surface area contributed by atoms with Gasteiger partial charge in [-0.3, -0.25) is 4.79 Å². The van der Waals surface area contributed by atoms with E-state index >= 15 is 0 Å². The monoisotopic (exact) mass is 389 g/mol. The number of nitrogens with one attached hydrogen (secondary N) is 1. The van der Waals surface area contributed by atoms with Crippen LogP contribution >= 0.6 is 0 Å². The van der Waals surface area contributed by atoms with Gasteiger partial charge in [-0.15, -0.1) is 0 Å². The maximum Gasteiger partial charge on any atom is 0.341 e. The number of ether oxygens (including phenoxy) is 2. The minimum Gasteiger partial charge on any atom is -0.481 e. The summed E-state index contributed by atoms with van der Waals surface area (Å²) in [6.07, 6.45) is 1.56. The maximum absolute atomic E-state index is 12.8. The second kappa shape index (κ2) is 9.94. The summed E-state index contributed by atoms with van der Waals surface area (Å²) < 4.78 is 16.4. The Morgan fingerprint density at radius 1 is 1.18 bits per heavy atom. The number of amides is 1. The zero-order chi connectivity index (χ0) is 20.7. The molecule has 2 rings (SSSR count). The molecule has 7 heteroatoms. The van der Waals surface area contributed by atoms with Gasteiger partial charge in [0.2, 0.25) is 0 Å². The third kappa shape index (κ3) is 6.13. The van der Waals surface area contributed by atoms with Crippen LogP contribution in [-0.4, -0.2) is 36.8 Å². The van der Waals surface area contributed by atoms with Crippen LogP contribution in [-0.2, 0) is 9.53 Å². The predicted octanol–water partition coefficient (Wildman–Crippen LogP) is 3.50. The first kappa shape index (κ1) is 21.5. The van der Waals surface area contributed by atoms with Crippen LogP contribution in [0.25, 0.3) is 0 Å². The second-order valence-electron chi connectivity index (χ2n) is 7.09. The Morgan fingerprint density at radius 3 is 2.39 bits per heavy atom. The molecule has 0 saturated carbocycles. The van der Waals surface area contributed by atoms with Crippen molar-refractivity contribution < 1.29 is 28.6 Å². The van der Waals surface area contributed by atoms with Crippen molar-refractivity contribution in [1.82, 2.24) is 5.32 Å². The van der Waals surface area contributed by atoms with E-state index in [1.54, 1.807) is 44.4 Å². The van der Waals surface area contributed by atoms with Crippen molar-refractivity contribution in [1.29, 1.82) is 0 Å². The van der Waals surface area contributed by atoms with Crippen molar-refractivity contribution >= 4 is 11.9 Å². The molecule has 1 unspecified atom stereocenters. The third-order valence-electron chi connectivity index (χ3n) is 3.99. The summed E-state index contributed by atoms with van der Waals surface area (Å²) in [5.41, 5.74) is 1.84. The van der Waals surface area contributed by atoms with Gasteiger partial charge in [-0.2, -0.15) is 0 Å². The normalized spacial score (nSPS) is 12.0. The number of carboxylic acids is 1. The zero-order valence-electron chi connectivity index (χ0n) is 16.7.